The maximum atomic E-state index is 12.4. The Morgan fingerprint density at radius 3 is 2.13 bits per heavy atom. The first-order valence-electron chi connectivity index (χ1n) is 9.25. The zero-order chi connectivity index (χ0) is 22.4. The Kier molecular flexibility index (Phi) is 8.27. The highest BCUT2D eigenvalue weighted by Crippen LogP contribution is 2.25. The van der Waals surface area contributed by atoms with E-state index >= 15 is 0 Å². The van der Waals surface area contributed by atoms with Crippen LogP contribution in [0.3, 0.4) is 0 Å². The lowest BCUT2D eigenvalue weighted by molar-refractivity contribution is -0.123. The number of hydrogen-bond donors (Lipinski definition) is 1. The second-order valence-corrected chi connectivity index (χ2v) is 8.99. The summed E-state index contributed by atoms with van der Waals surface area (Å²) >= 11 is 19.4. The van der Waals surface area contributed by atoms with Crippen LogP contribution in [-0.4, -0.2) is 18.0 Å². The molecule has 0 saturated carbocycles. The van der Waals surface area contributed by atoms with E-state index in [2.05, 4.69) is 5.32 Å². The van der Waals surface area contributed by atoms with Gasteiger partial charge in [0.05, 0.1) is 5.56 Å². The van der Waals surface area contributed by atoms with E-state index in [1.807, 2.05) is 36.4 Å². The molecule has 1 amide bonds. The lowest BCUT2D eigenvalue weighted by atomic mass is 10.1. The van der Waals surface area contributed by atoms with Gasteiger partial charge in [-0.1, -0.05) is 46.9 Å². The van der Waals surface area contributed by atoms with Gasteiger partial charge in [0.1, 0.15) is 0 Å². The molecule has 0 aliphatic heterocycles. The number of esters is 1. The normalized spacial score (nSPS) is 11.6. The van der Waals surface area contributed by atoms with E-state index < -0.39 is 18.0 Å². The highest BCUT2D eigenvalue weighted by atomic mass is 35.5. The molecule has 0 unspecified atom stereocenters. The molecule has 1 atom stereocenters. The summed E-state index contributed by atoms with van der Waals surface area (Å²) in [5, 5.41) is 4.11. The minimum absolute atomic E-state index is 0.366. The van der Waals surface area contributed by atoms with Gasteiger partial charge in [-0.05, 0) is 67.1 Å². The van der Waals surface area contributed by atoms with Crippen LogP contribution in [0.4, 0.5) is 5.69 Å². The molecule has 160 valence electrons. The van der Waals surface area contributed by atoms with E-state index in [-0.39, 0.29) is 0 Å². The van der Waals surface area contributed by atoms with Crippen LogP contribution in [0.15, 0.2) is 71.6 Å². The van der Waals surface area contributed by atoms with Crippen LogP contribution < -0.4 is 5.32 Å². The van der Waals surface area contributed by atoms with Gasteiger partial charge >= 0.3 is 5.97 Å². The van der Waals surface area contributed by atoms with E-state index in [0.29, 0.717) is 26.3 Å². The van der Waals surface area contributed by atoms with Crippen molar-refractivity contribution in [2.45, 2.75) is 23.7 Å². The second kappa shape index (κ2) is 10.9. The van der Waals surface area contributed by atoms with Gasteiger partial charge in [0.15, 0.2) is 6.10 Å². The molecule has 0 fully saturated rings. The van der Waals surface area contributed by atoms with E-state index in [1.165, 1.54) is 6.92 Å². The average Bonchev–Trinajstić information content (AvgIpc) is 2.73. The Hall–Kier alpha value is -2.18. The summed E-state index contributed by atoms with van der Waals surface area (Å²) in [5.74, 6) is -0.316. The zero-order valence-electron chi connectivity index (χ0n) is 16.4. The number of rotatable bonds is 7. The lowest BCUT2D eigenvalue weighted by Gasteiger charge is -2.14. The summed E-state index contributed by atoms with van der Waals surface area (Å²) < 4.78 is 5.28. The van der Waals surface area contributed by atoms with Gasteiger partial charge in [-0.3, -0.25) is 4.79 Å². The minimum atomic E-state index is -0.995. The van der Waals surface area contributed by atoms with Crippen molar-refractivity contribution in [1.29, 1.82) is 0 Å². The molecule has 0 radical (unpaired) electrons. The van der Waals surface area contributed by atoms with E-state index in [0.717, 1.165) is 16.2 Å². The van der Waals surface area contributed by atoms with Crippen molar-refractivity contribution in [1.82, 2.24) is 0 Å². The number of amides is 1. The van der Waals surface area contributed by atoms with Crippen LogP contribution in [-0.2, 0) is 15.3 Å². The first kappa shape index (κ1) is 23.5. The quantitative estimate of drug-likeness (QED) is 0.280. The van der Waals surface area contributed by atoms with Crippen molar-refractivity contribution in [3.8, 4) is 0 Å². The molecule has 3 aromatic rings. The van der Waals surface area contributed by atoms with Gasteiger partial charge in [-0.25, -0.2) is 4.79 Å². The van der Waals surface area contributed by atoms with Crippen LogP contribution >= 0.6 is 46.6 Å². The van der Waals surface area contributed by atoms with Crippen LogP contribution in [0, 0.1) is 0 Å². The predicted octanol–water partition coefficient (Wildman–Crippen LogP) is 7.12. The maximum absolute atomic E-state index is 12.4. The Bertz CT molecular complexity index is 1050. The maximum Gasteiger partial charge on any atom is 0.338 e. The molecule has 0 aromatic heterocycles. The van der Waals surface area contributed by atoms with Crippen molar-refractivity contribution in [3.63, 3.8) is 0 Å². The third kappa shape index (κ3) is 7.18. The third-order valence-electron chi connectivity index (χ3n) is 4.19. The molecule has 3 rings (SSSR count). The number of carbonyl (C=O) groups excluding carboxylic acids is 2. The Labute approximate surface area is 199 Å². The number of ether oxygens (including phenoxy) is 1. The van der Waals surface area contributed by atoms with Gasteiger partial charge in [0.25, 0.3) is 5.91 Å². The monoisotopic (exact) mass is 493 g/mol. The fourth-order valence-corrected chi connectivity index (χ4v) is 4.09. The van der Waals surface area contributed by atoms with Gasteiger partial charge in [0.2, 0.25) is 0 Å². The number of carbonyl (C=O) groups is 2. The topological polar surface area (TPSA) is 55.4 Å². The standard InChI is InChI=1S/C23H18Cl3NO3S/c1-14(22(28)27-20-11-18(25)10-19(26)12-20)30-23(29)16-4-2-15(3-5-16)13-31-21-8-6-17(24)7-9-21/h2-12,14H,13H2,1H3,(H,27,28)/t14-/m0/s1. The molecule has 4 nitrogen and oxygen atoms in total. The lowest BCUT2D eigenvalue weighted by Crippen LogP contribution is -2.30. The van der Waals surface area contributed by atoms with Crippen molar-refractivity contribution >= 4 is 64.1 Å². The number of hydrogen-bond acceptors (Lipinski definition) is 4. The second-order valence-electron chi connectivity index (χ2n) is 6.63. The predicted molar refractivity (Wildman–Crippen MR) is 127 cm³/mol. The van der Waals surface area contributed by atoms with Crippen molar-refractivity contribution < 1.29 is 14.3 Å². The van der Waals surface area contributed by atoms with Crippen LogP contribution in [0.1, 0.15) is 22.8 Å². The largest absolute Gasteiger partial charge is 0.449 e. The summed E-state index contributed by atoms with van der Waals surface area (Å²) in [6.45, 7) is 1.50. The van der Waals surface area contributed by atoms with E-state index in [4.69, 9.17) is 39.5 Å². The van der Waals surface area contributed by atoms with Gasteiger partial charge in [0, 0.05) is 31.4 Å². The molecule has 0 aliphatic rings. The molecular weight excluding hydrogens is 477 g/mol. The van der Waals surface area contributed by atoms with Crippen molar-refractivity contribution in [3.05, 3.63) is 92.9 Å². The Morgan fingerprint density at radius 2 is 1.52 bits per heavy atom. The van der Waals surface area contributed by atoms with Gasteiger partial charge in [-0.2, -0.15) is 0 Å². The van der Waals surface area contributed by atoms with Gasteiger partial charge in [-0.15, -0.1) is 11.8 Å². The first-order chi connectivity index (χ1) is 14.8. The smallest absolute Gasteiger partial charge is 0.338 e. The molecule has 0 spiro atoms. The molecular formula is C23H18Cl3NO3S. The zero-order valence-corrected chi connectivity index (χ0v) is 19.5. The van der Waals surface area contributed by atoms with Crippen LogP contribution in [0.5, 0.6) is 0 Å². The molecule has 0 saturated heterocycles. The third-order valence-corrected chi connectivity index (χ3v) is 5.96. The first-order valence-corrected chi connectivity index (χ1v) is 11.4. The SMILES string of the molecule is C[C@H](OC(=O)c1ccc(CSc2ccc(Cl)cc2)cc1)C(=O)Nc1cc(Cl)cc(Cl)c1. The molecule has 3 aromatic carbocycles. The summed E-state index contributed by atoms with van der Waals surface area (Å²) in [6, 6.07) is 19.4. The fourth-order valence-electron chi connectivity index (χ4n) is 2.59. The van der Waals surface area contributed by atoms with E-state index in [1.54, 1.807) is 42.1 Å². The van der Waals surface area contributed by atoms with Crippen molar-refractivity contribution in [2.75, 3.05) is 5.32 Å². The molecule has 1 N–H and O–H groups in total. The van der Waals surface area contributed by atoms with Crippen LogP contribution in [0.2, 0.25) is 15.1 Å². The molecule has 0 aliphatic carbocycles. The highest BCUT2D eigenvalue weighted by molar-refractivity contribution is 7.98. The number of halogens is 3. The summed E-state index contributed by atoms with van der Waals surface area (Å²) in [6.07, 6.45) is -0.995. The molecule has 31 heavy (non-hydrogen) atoms. The molecule has 8 heteroatoms. The summed E-state index contributed by atoms with van der Waals surface area (Å²) in [5.41, 5.74) is 1.85. The Balaban J connectivity index is 1.53. The van der Waals surface area contributed by atoms with E-state index in [9.17, 15) is 9.59 Å². The number of thioether (sulfide) groups is 1. The van der Waals surface area contributed by atoms with Gasteiger partial charge < -0.3 is 10.1 Å². The Morgan fingerprint density at radius 1 is 0.903 bits per heavy atom. The number of benzene rings is 3. The number of anilines is 1. The molecule has 0 bridgehead atoms. The number of nitrogens with one attached hydrogen (secondary N) is 1. The molecule has 0 heterocycles. The summed E-state index contributed by atoms with van der Waals surface area (Å²) in [4.78, 5) is 25.8. The summed E-state index contributed by atoms with van der Waals surface area (Å²) in [7, 11) is 0. The fraction of sp³-hybridized carbons (Fsp3) is 0.130. The van der Waals surface area contributed by atoms with Crippen molar-refractivity contribution in [2.24, 2.45) is 0 Å². The average molecular weight is 495 g/mol. The minimum Gasteiger partial charge on any atom is -0.449 e. The highest BCUT2D eigenvalue weighted by Gasteiger charge is 2.19. The van der Waals surface area contributed by atoms with Crippen LogP contribution in [0.25, 0.3) is 0 Å².